The number of carbonyl (C=O) groups is 1. The van der Waals surface area contributed by atoms with Crippen molar-refractivity contribution < 1.29 is 9.53 Å². The lowest BCUT2D eigenvalue weighted by Crippen LogP contribution is -2.42. The molecule has 0 saturated carbocycles. The van der Waals surface area contributed by atoms with Crippen molar-refractivity contribution in [3.8, 4) is 0 Å². The molecule has 2 atom stereocenters. The molecule has 2 N–H and O–H groups in total. The van der Waals surface area contributed by atoms with E-state index >= 15 is 0 Å². The van der Waals surface area contributed by atoms with Gasteiger partial charge in [-0.05, 0) is 36.6 Å². The highest BCUT2D eigenvalue weighted by Gasteiger charge is 2.21. The van der Waals surface area contributed by atoms with Crippen LogP contribution in [0.1, 0.15) is 29.7 Å². The molecule has 0 fully saturated rings. The zero-order chi connectivity index (χ0) is 16.8. The summed E-state index contributed by atoms with van der Waals surface area (Å²) in [6.07, 6.45) is 0.570. The Labute approximate surface area is 155 Å². The summed E-state index contributed by atoms with van der Waals surface area (Å²) in [6, 6.07) is 18.5. The van der Waals surface area contributed by atoms with Gasteiger partial charge in [0.05, 0.1) is 6.61 Å². The summed E-state index contributed by atoms with van der Waals surface area (Å²) >= 11 is 0. The molecule has 0 bridgehead atoms. The van der Waals surface area contributed by atoms with E-state index in [1.54, 1.807) is 6.92 Å². The fraction of sp³-hybridized carbons (Fsp3) is 0.350. The third kappa shape index (κ3) is 5.30. The predicted octanol–water partition coefficient (Wildman–Crippen LogP) is 3.02. The molecule has 1 amide bonds. The first-order valence-corrected chi connectivity index (χ1v) is 8.48. The van der Waals surface area contributed by atoms with E-state index in [1.807, 2.05) is 36.4 Å². The number of benzene rings is 2. The van der Waals surface area contributed by atoms with E-state index < -0.39 is 6.10 Å². The van der Waals surface area contributed by atoms with Gasteiger partial charge in [-0.25, -0.2) is 0 Å². The topological polar surface area (TPSA) is 50.4 Å². The Hall–Kier alpha value is -1.88. The van der Waals surface area contributed by atoms with Gasteiger partial charge in [-0.15, -0.1) is 12.4 Å². The maximum absolute atomic E-state index is 12.3. The predicted molar refractivity (Wildman–Crippen MR) is 102 cm³/mol. The summed E-state index contributed by atoms with van der Waals surface area (Å²) in [4.78, 5) is 12.3. The van der Waals surface area contributed by atoms with E-state index in [-0.39, 0.29) is 24.4 Å². The molecule has 0 aromatic heterocycles. The number of hydrogen-bond donors (Lipinski definition) is 2. The van der Waals surface area contributed by atoms with Crippen LogP contribution in [0.4, 0.5) is 0 Å². The van der Waals surface area contributed by atoms with E-state index in [4.69, 9.17) is 4.74 Å². The number of hydrogen-bond acceptors (Lipinski definition) is 3. The second kappa shape index (κ2) is 9.56. The number of halogens is 1. The molecule has 1 aliphatic heterocycles. The van der Waals surface area contributed by atoms with Gasteiger partial charge in [0.1, 0.15) is 6.10 Å². The summed E-state index contributed by atoms with van der Waals surface area (Å²) in [5.41, 5.74) is 3.71. The second-order valence-corrected chi connectivity index (χ2v) is 6.14. The lowest BCUT2D eigenvalue weighted by Gasteiger charge is -2.27. The number of carbonyl (C=O) groups excluding carboxylic acids is 1. The maximum atomic E-state index is 12.3. The van der Waals surface area contributed by atoms with Gasteiger partial charge in [0.2, 0.25) is 5.91 Å². The molecular formula is C20H25ClN2O2. The van der Waals surface area contributed by atoms with Crippen LogP contribution in [0.2, 0.25) is 0 Å². The minimum Gasteiger partial charge on any atom is -0.364 e. The van der Waals surface area contributed by atoms with Crippen LogP contribution >= 0.6 is 12.4 Å². The average Bonchev–Trinajstić information content (AvgIpc) is 2.65. The molecule has 25 heavy (non-hydrogen) atoms. The Morgan fingerprint density at radius 2 is 1.92 bits per heavy atom. The van der Waals surface area contributed by atoms with E-state index in [9.17, 15) is 4.79 Å². The van der Waals surface area contributed by atoms with Crippen molar-refractivity contribution >= 4 is 18.3 Å². The Kier molecular flexibility index (Phi) is 7.44. The average molecular weight is 361 g/mol. The van der Waals surface area contributed by atoms with Crippen molar-refractivity contribution in [1.82, 2.24) is 10.6 Å². The van der Waals surface area contributed by atoms with E-state index in [0.717, 1.165) is 18.5 Å². The minimum atomic E-state index is -0.468. The van der Waals surface area contributed by atoms with Gasteiger partial charge in [-0.2, -0.15) is 0 Å². The molecule has 5 heteroatoms. The summed E-state index contributed by atoms with van der Waals surface area (Å²) in [7, 11) is 0. The molecule has 0 radical (unpaired) electrons. The van der Waals surface area contributed by atoms with Crippen molar-refractivity contribution in [1.29, 1.82) is 0 Å². The molecule has 2 aromatic carbocycles. The summed E-state index contributed by atoms with van der Waals surface area (Å²) in [5, 5.41) is 6.47. The molecular weight excluding hydrogens is 336 g/mol. The zero-order valence-electron chi connectivity index (χ0n) is 14.4. The Morgan fingerprint density at radius 1 is 1.20 bits per heavy atom. The third-order valence-corrected chi connectivity index (χ3v) is 4.41. The van der Waals surface area contributed by atoms with Gasteiger partial charge < -0.3 is 15.4 Å². The van der Waals surface area contributed by atoms with Crippen molar-refractivity contribution in [2.75, 3.05) is 13.1 Å². The molecule has 2 aromatic rings. The van der Waals surface area contributed by atoms with E-state index in [1.165, 1.54) is 11.1 Å². The van der Waals surface area contributed by atoms with Gasteiger partial charge >= 0.3 is 0 Å². The largest absolute Gasteiger partial charge is 0.364 e. The van der Waals surface area contributed by atoms with Crippen molar-refractivity contribution in [2.24, 2.45) is 0 Å². The number of rotatable bonds is 6. The molecule has 4 nitrogen and oxygen atoms in total. The SMILES string of the molecule is CC(OCc1ccccc1)C(=O)NCC1NCCc2ccccc21.Cl. The highest BCUT2D eigenvalue weighted by atomic mass is 35.5. The Morgan fingerprint density at radius 3 is 2.72 bits per heavy atom. The number of nitrogens with one attached hydrogen (secondary N) is 2. The number of ether oxygens (including phenoxy) is 1. The monoisotopic (exact) mass is 360 g/mol. The van der Waals surface area contributed by atoms with Crippen LogP contribution in [0.5, 0.6) is 0 Å². The van der Waals surface area contributed by atoms with Crippen molar-refractivity contribution in [3.63, 3.8) is 0 Å². The third-order valence-electron chi connectivity index (χ3n) is 4.41. The molecule has 3 rings (SSSR count). The van der Waals surface area contributed by atoms with Gasteiger partial charge in [-0.1, -0.05) is 54.6 Å². The van der Waals surface area contributed by atoms with E-state index in [2.05, 4.69) is 28.8 Å². The Bertz CT molecular complexity index is 678. The molecule has 0 saturated heterocycles. The van der Waals surface area contributed by atoms with E-state index in [0.29, 0.717) is 13.2 Å². The first kappa shape index (κ1) is 19.4. The molecule has 1 heterocycles. The lowest BCUT2D eigenvalue weighted by atomic mass is 9.94. The number of fused-ring (bicyclic) bond motifs is 1. The van der Waals surface area contributed by atoms with Crippen LogP contribution in [-0.2, 0) is 22.6 Å². The zero-order valence-corrected chi connectivity index (χ0v) is 15.2. The van der Waals surface area contributed by atoms with Gasteiger partial charge in [0, 0.05) is 12.6 Å². The summed E-state index contributed by atoms with van der Waals surface area (Å²) in [6.45, 7) is 3.76. The highest BCUT2D eigenvalue weighted by molar-refractivity contribution is 5.85. The first-order valence-electron chi connectivity index (χ1n) is 8.48. The fourth-order valence-electron chi connectivity index (χ4n) is 2.99. The molecule has 0 spiro atoms. The Balaban J connectivity index is 0.00000225. The minimum absolute atomic E-state index is 0. The van der Waals surface area contributed by atoms with Crippen LogP contribution in [0.25, 0.3) is 0 Å². The van der Waals surface area contributed by atoms with Crippen molar-refractivity contribution in [2.45, 2.75) is 32.1 Å². The van der Waals surface area contributed by atoms with Gasteiger partial charge in [0.15, 0.2) is 0 Å². The fourth-order valence-corrected chi connectivity index (χ4v) is 2.99. The highest BCUT2D eigenvalue weighted by Crippen LogP contribution is 2.21. The van der Waals surface area contributed by atoms with Crippen molar-refractivity contribution in [3.05, 3.63) is 71.3 Å². The summed E-state index contributed by atoms with van der Waals surface area (Å²) < 4.78 is 5.67. The number of amides is 1. The first-order chi connectivity index (χ1) is 11.7. The standard InChI is InChI=1S/C20H24N2O2.ClH/c1-15(24-14-16-7-3-2-4-8-16)20(23)22-13-19-18-10-6-5-9-17(18)11-12-21-19;/h2-10,15,19,21H,11-14H2,1H3,(H,22,23);1H. The lowest BCUT2D eigenvalue weighted by molar-refractivity contribution is -0.132. The van der Waals surface area contributed by atoms with Gasteiger partial charge in [0.25, 0.3) is 0 Å². The molecule has 134 valence electrons. The van der Waals surface area contributed by atoms with Crippen LogP contribution in [-0.4, -0.2) is 25.1 Å². The summed E-state index contributed by atoms with van der Waals surface area (Å²) in [5.74, 6) is -0.0733. The quantitative estimate of drug-likeness (QED) is 0.832. The molecule has 2 unspecified atom stereocenters. The van der Waals surface area contributed by atoms with Gasteiger partial charge in [-0.3, -0.25) is 4.79 Å². The van der Waals surface area contributed by atoms with Crippen LogP contribution in [0, 0.1) is 0 Å². The molecule has 0 aliphatic carbocycles. The van der Waals surface area contributed by atoms with Crippen LogP contribution in [0.15, 0.2) is 54.6 Å². The maximum Gasteiger partial charge on any atom is 0.248 e. The van der Waals surface area contributed by atoms with Crippen LogP contribution in [0.3, 0.4) is 0 Å². The molecule has 1 aliphatic rings. The second-order valence-electron chi connectivity index (χ2n) is 6.14. The van der Waals surface area contributed by atoms with Crippen LogP contribution < -0.4 is 10.6 Å². The normalized spacial score (nSPS) is 17.1. The smallest absolute Gasteiger partial charge is 0.248 e.